The number of fused-ring (bicyclic) bond motifs is 2. The van der Waals surface area contributed by atoms with Gasteiger partial charge in [0, 0.05) is 45.0 Å². The van der Waals surface area contributed by atoms with Crippen molar-refractivity contribution >= 4 is 5.91 Å². The van der Waals surface area contributed by atoms with E-state index in [4.69, 9.17) is 9.15 Å². The molecule has 2 aliphatic rings. The first-order valence-corrected chi connectivity index (χ1v) is 10.9. The number of piperidine rings is 1. The van der Waals surface area contributed by atoms with Gasteiger partial charge < -0.3 is 23.9 Å². The Morgan fingerprint density at radius 2 is 2.07 bits per heavy atom. The summed E-state index contributed by atoms with van der Waals surface area (Å²) in [5.74, 6) is 2.94. The SMILES string of the molecule is CCc1ccc(CN2CCC3(CC2)O[C@@H](C(=O)NCCN(C)C)Cn2ccnc23)o1. The number of rotatable bonds is 7. The fraction of sp³-hybridized carbons (Fsp3) is 0.636. The Kier molecular flexibility index (Phi) is 6.26. The normalized spacial score (nSPS) is 21.1. The first-order chi connectivity index (χ1) is 14.5. The van der Waals surface area contributed by atoms with Crippen molar-refractivity contribution in [3.05, 3.63) is 41.9 Å². The van der Waals surface area contributed by atoms with Crippen LogP contribution in [0.4, 0.5) is 0 Å². The zero-order chi connectivity index (χ0) is 21.1. The number of aromatic nitrogens is 2. The molecule has 0 aromatic carbocycles. The molecule has 0 radical (unpaired) electrons. The predicted octanol–water partition coefficient (Wildman–Crippen LogP) is 1.61. The van der Waals surface area contributed by atoms with Gasteiger partial charge in [-0.25, -0.2) is 4.98 Å². The summed E-state index contributed by atoms with van der Waals surface area (Å²) >= 11 is 0. The van der Waals surface area contributed by atoms with Gasteiger partial charge in [0.05, 0.1) is 13.1 Å². The van der Waals surface area contributed by atoms with Crippen LogP contribution in [-0.2, 0) is 34.6 Å². The molecule has 1 N–H and O–H groups in total. The molecule has 30 heavy (non-hydrogen) atoms. The monoisotopic (exact) mass is 415 g/mol. The maximum absolute atomic E-state index is 12.8. The molecular weight excluding hydrogens is 382 g/mol. The molecule has 8 nitrogen and oxygen atoms in total. The fourth-order valence-electron chi connectivity index (χ4n) is 4.38. The second-order valence-corrected chi connectivity index (χ2v) is 8.60. The molecule has 4 rings (SSSR count). The number of nitrogens with one attached hydrogen (secondary N) is 1. The molecule has 0 unspecified atom stereocenters. The van der Waals surface area contributed by atoms with E-state index in [1.165, 1.54) is 0 Å². The lowest BCUT2D eigenvalue weighted by Gasteiger charge is -2.45. The van der Waals surface area contributed by atoms with Crippen molar-refractivity contribution in [2.75, 3.05) is 40.3 Å². The van der Waals surface area contributed by atoms with E-state index in [-0.39, 0.29) is 5.91 Å². The molecular formula is C22H33N5O3. The van der Waals surface area contributed by atoms with Gasteiger partial charge in [-0.15, -0.1) is 0 Å². The first kappa shape index (κ1) is 21.1. The zero-order valence-corrected chi connectivity index (χ0v) is 18.3. The summed E-state index contributed by atoms with van der Waals surface area (Å²) in [6, 6.07) is 4.13. The Morgan fingerprint density at radius 1 is 1.30 bits per heavy atom. The van der Waals surface area contributed by atoms with Gasteiger partial charge in [-0.2, -0.15) is 0 Å². The topological polar surface area (TPSA) is 75.8 Å². The van der Waals surface area contributed by atoms with E-state index in [0.29, 0.717) is 13.1 Å². The second kappa shape index (κ2) is 8.91. The average Bonchev–Trinajstić information content (AvgIpc) is 3.39. The number of furan rings is 1. The van der Waals surface area contributed by atoms with Crippen LogP contribution in [0.1, 0.15) is 37.1 Å². The van der Waals surface area contributed by atoms with Crippen molar-refractivity contribution in [3.63, 3.8) is 0 Å². The highest BCUT2D eigenvalue weighted by molar-refractivity contribution is 5.80. The summed E-state index contributed by atoms with van der Waals surface area (Å²) in [4.78, 5) is 21.8. The molecule has 164 valence electrons. The summed E-state index contributed by atoms with van der Waals surface area (Å²) in [5, 5.41) is 3.02. The number of hydrogen-bond donors (Lipinski definition) is 1. The number of nitrogens with zero attached hydrogens (tertiary/aromatic N) is 4. The number of carbonyl (C=O) groups is 1. The number of amides is 1. The van der Waals surface area contributed by atoms with Gasteiger partial charge in [-0.05, 0) is 39.1 Å². The lowest BCUT2D eigenvalue weighted by Crippen LogP contribution is -2.54. The molecule has 2 aliphatic heterocycles. The fourth-order valence-corrected chi connectivity index (χ4v) is 4.38. The Morgan fingerprint density at radius 3 is 2.77 bits per heavy atom. The second-order valence-electron chi connectivity index (χ2n) is 8.60. The van der Waals surface area contributed by atoms with Crippen LogP contribution in [0, 0.1) is 0 Å². The van der Waals surface area contributed by atoms with Crippen LogP contribution in [0.2, 0.25) is 0 Å². The maximum atomic E-state index is 12.8. The molecule has 1 amide bonds. The molecule has 0 saturated carbocycles. The number of hydrogen-bond acceptors (Lipinski definition) is 6. The molecule has 2 aromatic heterocycles. The van der Waals surface area contributed by atoms with E-state index in [0.717, 1.165) is 62.8 Å². The average molecular weight is 416 g/mol. The van der Waals surface area contributed by atoms with Gasteiger partial charge in [0.15, 0.2) is 6.10 Å². The van der Waals surface area contributed by atoms with Gasteiger partial charge in [0.1, 0.15) is 22.9 Å². The van der Waals surface area contributed by atoms with Gasteiger partial charge in [-0.1, -0.05) is 6.92 Å². The number of likely N-dealkylation sites (tertiary alicyclic amines) is 1. The van der Waals surface area contributed by atoms with Crippen LogP contribution in [0.25, 0.3) is 0 Å². The summed E-state index contributed by atoms with van der Waals surface area (Å²) in [7, 11) is 3.99. The lowest BCUT2D eigenvalue weighted by atomic mass is 9.88. The molecule has 4 heterocycles. The largest absolute Gasteiger partial charge is 0.465 e. The number of ether oxygens (including phenoxy) is 1. The third-order valence-electron chi connectivity index (χ3n) is 6.11. The summed E-state index contributed by atoms with van der Waals surface area (Å²) in [6.45, 7) is 6.60. The van der Waals surface area contributed by atoms with E-state index < -0.39 is 11.7 Å². The van der Waals surface area contributed by atoms with E-state index in [9.17, 15) is 4.79 Å². The van der Waals surface area contributed by atoms with Crippen LogP contribution >= 0.6 is 0 Å². The minimum Gasteiger partial charge on any atom is -0.465 e. The molecule has 1 fully saturated rings. The highest BCUT2D eigenvalue weighted by atomic mass is 16.5. The molecule has 1 saturated heterocycles. The lowest BCUT2D eigenvalue weighted by molar-refractivity contribution is -0.174. The van der Waals surface area contributed by atoms with Gasteiger partial charge in [0.2, 0.25) is 0 Å². The molecule has 0 bridgehead atoms. The molecule has 1 spiro atoms. The van der Waals surface area contributed by atoms with Crippen LogP contribution in [0.15, 0.2) is 28.9 Å². The Labute approximate surface area is 178 Å². The Balaban J connectivity index is 1.40. The first-order valence-electron chi connectivity index (χ1n) is 10.9. The maximum Gasteiger partial charge on any atom is 0.251 e. The molecule has 2 aromatic rings. The van der Waals surface area contributed by atoms with E-state index in [1.807, 2.05) is 26.5 Å². The minimum atomic E-state index is -0.500. The zero-order valence-electron chi connectivity index (χ0n) is 18.3. The molecule has 1 atom stereocenters. The van der Waals surface area contributed by atoms with Crippen molar-refractivity contribution in [1.82, 2.24) is 24.7 Å². The van der Waals surface area contributed by atoms with Crippen molar-refractivity contribution in [2.45, 2.75) is 51.0 Å². The molecule has 0 aliphatic carbocycles. The van der Waals surface area contributed by atoms with Gasteiger partial charge >= 0.3 is 0 Å². The van der Waals surface area contributed by atoms with E-state index in [1.54, 1.807) is 0 Å². The van der Waals surface area contributed by atoms with Crippen LogP contribution in [0.3, 0.4) is 0 Å². The van der Waals surface area contributed by atoms with Crippen molar-refractivity contribution in [1.29, 1.82) is 0 Å². The number of likely N-dealkylation sites (N-methyl/N-ethyl adjacent to an activating group) is 1. The Bertz CT molecular complexity index is 851. The van der Waals surface area contributed by atoms with E-state index in [2.05, 4.69) is 43.7 Å². The van der Waals surface area contributed by atoms with Crippen LogP contribution in [0.5, 0.6) is 0 Å². The quantitative estimate of drug-likeness (QED) is 0.741. The van der Waals surface area contributed by atoms with Crippen LogP contribution in [-0.4, -0.2) is 71.6 Å². The highest BCUT2D eigenvalue weighted by Gasteiger charge is 2.47. The summed E-state index contributed by atoms with van der Waals surface area (Å²) in [5.41, 5.74) is -0.500. The smallest absolute Gasteiger partial charge is 0.251 e. The third-order valence-corrected chi connectivity index (χ3v) is 6.11. The highest BCUT2D eigenvalue weighted by Crippen LogP contribution is 2.40. The Hall–Kier alpha value is -2.16. The molecule has 8 heteroatoms. The van der Waals surface area contributed by atoms with Crippen LogP contribution < -0.4 is 5.32 Å². The summed E-state index contributed by atoms with van der Waals surface area (Å²) < 4.78 is 14.4. The van der Waals surface area contributed by atoms with E-state index >= 15 is 0 Å². The van der Waals surface area contributed by atoms with Gasteiger partial charge in [-0.3, -0.25) is 9.69 Å². The summed E-state index contributed by atoms with van der Waals surface area (Å²) in [6.07, 6.45) is 5.82. The number of carbonyl (C=O) groups excluding carboxylic acids is 1. The number of aryl methyl sites for hydroxylation is 1. The van der Waals surface area contributed by atoms with Gasteiger partial charge in [0.25, 0.3) is 5.91 Å². The third kappa shape index (κ3) is 4.45. The van der Waals surface area contributed by atoms with Crippen molar-refractivity contribution < 1.29 is 13.9 Å². The number of imidazole rings is 1. The minimum absolute atomic E-state index is 0.0410. The standard InChI is InChI=1S/C22H33N5O3/c1-4-17-5-6-18(29-17)15-26-11-7-22(8-12-26)21-24-10-14-27(21)16-19(30-22)20(28)23-9-13-25(2)3/h5-6,10,14,19H,4,7-9,11-13,15-16H2,1-3H3,(H,23,28)/t19-/m1/s1. The predicted molar refractivity (Wildman–Crippen MR) is 113 cm³/mol. The van der Waals surface area contributed by atoms with Crippen molar-refractivity contribution in [2.24, 2.45) is 0 Å². The van der Waals surface area contributed by atoms with Crippen molar-refractivity contribution in [3.8, 4) is 0 Å².